The molecule has 0 radical (unpaired) electrons. The maximum absolute atomic E-state index is 11.5. The maximum Gasteiger partial charge on any atom is 0.408 e. The third-order valence-electron chi connectivity index (χ3n) is 1.94. The molecule has 1 amide bonds. The first-order valence-electron chi connectivity index (χ1n) is 5.68. The summed E-state index contributed by atoms with van der Waals surface area (Å²) in [7, 11) is 0. The van der Waals surface area contributed by atoms with Crippen LogP contribution in [0.25, 0.3) is 0 Å². The highest BCUT2D eigenvalue weighted by atomic mass is 32.1. The number of thiol groups is 1. The summed E-state index contributed by atoms with van der Waals surface area (Å²) in [5.41, 5.74) is 4.78. The third-order valence-corrected chi connectivity index (χ3v) is 2.25. The molecular formula is C11H22N2O3S. The Morgan fingerprint density at radius 1 is 1.35 bits per heavy atom. The monoisotopic (exact) mass is 262 g/mol. The number of amides is 1. The molecule has 0 aliphatic carbocycles. The summed E-state index contributed by atoms with van der Waals surface area (Å²) in [6, 6.07) is -0.611. The van der Waals surface area contributed by atoms with Gasteiger partial charge in [0.1, 0.15) is 11.6 Å². The van der Waals surface area contributed by atoms with Crippen molar-refractivity contribution in [2.75, 3.05) is 6.54 Å². The van der Waals surface area contributed by atoms with E-state index in [1.165, 1.54) is 0 Å². The Morgan fingerprint density at radius 3 is 2.35 bits per heavy atom. The topological polar surface area (TPSA) is 81.4 Å². The highest BCUT2D eigenvalue weighted by molar-refractivity contribution is 7.96. The summed E-state index contributed by atoms with van der Waals surface area (Å²) in [4.78, 5) is 22.7. The zero-order valence-corrected chi connectivity index (χ0v) is 11.5. The van der Waals surface area contributed by atoms with Gasteiger partial charge in [0.15, 0.2) is 0 Å². The second-order valence-electron chi connectivity index (χ2n) is 4.82. The van der Waals surface area contributed by atoms with Gasteiger partial charge in [0.25, 0.3) is 0 Å². The lowest BCUT2D eigenvalue weighted by Gasteiger charge is -2.22. The van der Waals surface area contributed by atoms with Gasteiger partial charge in [-0.1, -0.05) is 0 Å². The minimum absolute atomic E-state index is 0.368. The number of hydrogen-bond acceptors (Lipinski definition) is 4. The van der Waals surface area contributed by atoms with Crippen LogP contribution in [0, 0.1) is 0 Å². The Hall–Kier alpha value is -0.750. The van der Waals surface area contributed by atoms with E-state index in [-0.39, 0.29) is 5.12 Å². The van der Waals surface area contributed by atoms with Gasteiger partial charge in [-0.05, 0) is 46.6 Å². The highest BCUT2D eigenvalue weighted by Crippen LogP contribution is 2.09. The Balaban J connectivity index is 4.16. The number of alkyl carbamates (subject to hydrolysis) is 1. The molecule has 17 heavy (non-hydrogen) atoms. The average molecular weight is 262 g/mol. The standard InChI is InChI=1S/C11H22N2O3S/c1-11(2,3)16-10(15)13-8(9(14)17)6-4-5-7-12/h8H,4-7,12H2,1-3H3,(H,13,15)(H,14,17)/t8-/m0/s1. The molecule has 3 N–H and O–H groups in total. The summed E-state index contributed by atoms with van der Waals surface area (Å²) in [5.74, 6) is 0. The molecule has 0 fully saturated rings. The fourth-order valence-electron chi connectivity index (χ4n) is 1.20. The van der Waals surface area contributed by atoms with Gasteiger partial charge in [0.2, 0.25) is 5.12 Å². The van der Waals surface area contributed by atoms with Crippen molar-refractivity contribution in [3.8, 4) is 0 Å². The Labute approximate surface area is 108 Å². The van der Waals surface area contributed by atoms with Crippen LogP contribution in [0.1, 0.15) is 40.0 Å². The summed E-state index contributed by atoms with van der Waals surface area (Å²) >= 11 is 3.74. The second kappa shape index (κ2) is 7.55. The maximum atomic E-state index is 11.5. The fraction of sp³-hybridized carbons (Fsp3) is 0.818. The smallest absolute Gasteiger partial charge is 0.408 e. The van der Waals surface area contributed by atoms with Crippen molar-refractivity contribution in [2.45, 2.75) is 51.7 Å². The van der Waals surface area contributed by atoms with Crippen LogP contribution in [0.5, 0.6) is 0 Å². The molecule has 5 nitrogen and oxygen atoms in total. The van der Waals surface area contributed by atoms with E-state index in [9.17, 15) is 9.59 Å². The minimum atomic E-state index is -0.611. The van der Waals surface area contributed by atoms with Gasteiger partial charge in [-0.3, -0.25) is 4.79 Å². The molecule has 0 aromatic rings. The molecule has 0 heterocycles. The van der Waals surface area contributed by atoms with Gasteiger partial charge in [-0.2, -0.15) is 0 Å². The molecule has 0 aromatic carbocycles. The quantitative estimate of drug-likeness (QED) is 0.500. The largest absolute Gasteiger partial charge is 0.444 e. The van der Waals surface area contributed by atoms with Crippen molar-refractivity contribution in [2.24, 2.45) is 5.73 Å². The molecule has 0 aliphatic heterocycles. The Morgan fingerprint density at radius 2 is 1.94 bits per heavy atom. The lowest BCUT2D eigenvalue weighted by Crippen LogP contribution is -2.42. The van der Waals surface area contributed by atoms with E-state index < -0.39 is 17.7 Å². The molecule has 0 unspecified atom stereocenters. The number of ether oxygens (including phenoxy) is 1. The van der Waals surface area contributed by atoms with E-state index in [2.05, 4.69) is 17.9 Å². The van der Waals surface area contributed by atoms with Crippen LogP contribution >= 0.6 is 12.6 Å². The first kappa shape index (κ1) is 16.2. The number of rotatable bonds is 6. The number of hydrogen-bond donors (Lipinski definition) is 3. The van der Waals surface area contributed by atoms with Crippen LogP contribution < -0.4 is 11.1 Å². The van der Waals surface area contributed by atoms with Gasteiger partial charge < -0.3 is 15.8 Å². The summed E-state index contributed by atoms with van der Waals surface area (Å²) in [5, 5.41) is 2.14. The first-order chi connectivity index (χ1) is 7.76. The number of nitrogens with one attached hydrogen (secondary N) is 1. The number of carbonyl (C=O) groups is 2. The van der Waals surface area contributed by atoms with Crippen LogP contribution in [0.2, 0.25) is 0 Å². The predicted molar refractivity (Wildman–Crippen MR) is 70.1 cm³/mol. The number of carbonyl (C=O) groups excluding carboxylic acids is 2. The number of nitrogens with two attached hydrogens (primary N) is 1. The minimum Gasteiger partial charge on any atom is -0.444 e. The fourth-order valence-corrected chi connectivity index (χ4v) is 1.39. The first-order valence-corrected chi connectivity index (χ1v) is 6.13. The molecule has 6 heteroatoms. The summed E-state index contributed by atoms with van der Waals surface area (Å²) < 4.78 is 5.06. The van der Waals surface area contributed by atoms with Gasteiger partial charge in [0.05, 0.1) is 0 Å². The van der Waals surface area contributed by atoms with Crippen molar-refractivity contribution in [3.63, 3.8) is 0 Å². The normalized spacial score (nSPS) is 13.0. The van der Waals surface area contributed by atoms with Crippen molar-refractivity contribution in [1.82, 2.24) is 5.32 Å². The van der Waals surface area contributed by atoms with Crippen LogP contribution in [0.15, 0.2) is 0 Å². The van der Waals surface area contributed by atoms with Crippen molar-refractivity contribution in [1.29, 1.82) is 0 Å². The highest BCUT2D eigenvalue weighted by Gasteiger charge is 2.21. The second-order valence-corrected chi connectivity index (χ2v) is 5.26. The predicted octanol–water partition coefficient (Wildman–Crippen LogP) is 1.47. The summed E-state index contributed by atoms with van der Waals surface area (Å²) in [6.45, 7) is 5.86. The lowest BCUT2D eigenvalue weighted by molar-refractivity contribution is -0.112. The molecule has 0 aliphatic rings. The van der Waals surface area contributed by atoms with Crippen LogP contribution in [0.4, 0.5) is 4.79 Å². The van der Waals surface area contributed by atoms with Gasteiger partial charge in [-0.25, -0.2) is 4.79 Å². The van der Waals surface area contributed by atoms with Gasteiger partial charge in [0, 0.05) is 0 Å². The molecule has 0 bridgehead atoms. The van der Waals surface area contributed by atoms with Gasteiger partial charge in [-0.15, -0.1) is 12.6 Å². The average Bonchev–Trinajstić information content (AvgIpc) is 2.13. The van der Waals surface area contributed by atoms with E-state index in [1.807, 2.05) is 0 Å². The zero-order chi connectivity index (χ0) is 13.5. The van der Waals surface area contributed by atoms with E-state index >= 15 is 0 Å². The molecular weight excluding hydrogens is 240 g/mol. The van der Waals surface area contributed by atoms with Crippen molar-refractivity contribution >= 4 is 23.8 Å². The molecule has 0 saturated carbocycles. The summed E-state index contributed by atoms with van der Waals surface area (Å²) in [6.07, 6.45) is 1.51. The van der Waals surface area contributed by atoms with Crippen LogP contribution in [-0.2, 0) is 9.53 Å². The van der Waals surface area contributed by atoms with E-state index in [1.54, 1.807) is 20.8 Å². The Bertz CT molecular complexity index is 264. The third kappa shape index (κ3) is 9.00. The molecule has 1 atom stereocenters. The van der Waals surface area contributed by atoms with E-state index in [0.717, 1.165) is 12.8 Å². The molecule has 0 spiro atoms. The lowest BCUT2D eigenvalue weighted by atomic mass is 10.1. The van der Waals surface area contributed by atoms with Crippen LogP contribution in [-0.4, -0.2) is 29.4 Å². The number of unbranched alkanes of at least 4 members (excludes halogenated alkanes) is 1. The molecule has 0 rings (SSSR count). The van der Waals surface area contributed by atoms with Crippen molar-refractivity contribution in [3.05, 3.63) is 0 Å². The van der Waals surface area contributed by atoms with E-state index in [4.69, 9.17) is 10.5 Å². The SMILES string of the molecule is CC(C)(C)OC(=O)N[C@@H](CCCCN)C(=O)S. The van der Waals surface area contributed by atoms with Crippen LogP contribution in [0.3, 0.4) is 0 Å². The molecule has 100 valence electrons. The Kier molecular flexibility index (Phi) is 7.22. The molecule has 0 saturated heterocycles. The molecule has 0 aromatic heterocycles. The van der Waals surface area contributed by atoms with Gasteiger partial charge >= 0.3 is 6.09 Å². The zero-order valence-electron chi connectivity index (χ0n) is 10.7. The van der Waals surface area contributed by atoms with Crippen molar-refractivity contribution < 1.29 is 14.3 Å². The van der Waals surface area contributed by atoms with E-state index in [0.29, 0.717) is 13.0 Å².